The second kappa shape index (κ2) is 10.00. The van der Waals surface area contributed by atoms with E-state index in [1.165, 1.54) is 11.3 Å². The van der Waals surface area contributed by atoms with Crippen LogP contribution in [0.15, 0.2) is 29.3 Å². The van der Waals surface area contributed by atoms with Crippen molar-refractivity contribution in [2.75, 3.05) is 13.2 Å². The van der Waals surface area contributed by atoms with E-state index in [4.69, 9.17) is 9.73 Å². The van der Waals surface area contributed by atoms with Gasteiger partial charge >= 0.3 is 0 Å². The van der Waals surface area contributed by atoms with E-state index in [1.807, 2.05) is 30.8 Å². The smallest absolute Gasteiger partial charge is 0.191 e. The first-order valence-electron chi connectivity index (χ1n) is 9.63. The third kappa shape index (κ3) is 6.31. The second-order valence-electron chi connectivity index (χ2n) is 7.17. The van der Waals surface area contributed by atoms with E-state index < -0.39 is 0 Å². The molecule has 27 heavy (non-hydrogen) atoms. The minimum Gasteiger partial charge on any atom is -0.493 e. The van der Waals surface area contributed by atoms with Crippen LogP contribution in [0.1, 0.15) is 43.3 Å². The number of hydrogen-bond acceptors (Lipinski definition) is 3. The van der Waals surface area contributed by atoms with E-state index in [1.54, 1.807) is 0 Å². The molecule has 0 spiro atoms. The summed E-state index contributed by atoms with van der Waals surface area (Å²) in [5.41, 5.74) is 4.56. The third-order valence-electron chi connectivity index (χ3n) is 4.34. The van der Waals surface area contributed by atoms with Gasteiger partial charge in [0, 0.05) is 31.4 Å². The Morgan fingerprint density at radius 3 is 2.67 bits per heavy atom. The third-order valence-corrected chi connectivity index (χ3v) is 4.34. The molecule has 148 valence electrons. The molecule has 2 aromatic rings. The van der Waals surface area contributed by atoms with Crippen molar-refractivity contribution in [2.24, 2.45) is 18.0 Å². The van der Waals surface area contributed by atoms with Crippen molar-refractivity contribution in [3.8, 4) is 5.75 Å². The number of hydrogen-bond donors (Lipinski definition) is 2. The van der Waals surface area contributed by atoms with E-state index in [0.717, 1.165) is 36.1 Å². The molecule has 0 unspecified atom stereocenters. The lowest BCUT2D eigenvalue weighted by molar-refractivity contribution is 0.271. The van der Waals surface area contributed by atoms with Gasteiger partial charge in [-0.15, -0.1) is 0 Å². The first-order chi connectivity index (χ1) is 12.9. The fraction of sp³-hybridized carbons (Fsp3) is 0.524. The van der Waals surface area contributed by atoms with Crippen LogP contribution >= 0.6 is 0 Å². The number of ether oxygens (including phenoxy) is 1. The zero-order valence-electron chi connectivity index (χ0n) is 17.5. The van der Waals surface area contributed by atoms with Crippen molar-refractivity contribution in [3.63, 3.8) is 0 Å². The fourth-order valence-electron chi connectivity index (χ4n) is 2.75. The van der Waals surface area contributed by atoms with Gasteiger partial charge in [-0.3, -0.25) is 4.68 Å². The van der Waals surface area contributed by atoms with Gasteiger partial charge in [-0.2, -0.15) is 5.10 Å². The first-order valence-corrected chi connectivity index (χ1v) is 9.63. The van der Waals surface area contributed by atoms with Crippen LogP contribution in [0.25, 0.3) is 0 Å². The summed E-state index contributed by atoms with van der Waals surface area (Å²) in [5, 5.41) is 11.2. The predicted molar refractivity (Wildman–Crippen MR) is 111 cm³/mol. The Balaban J connectivity index is 2.01. The van der Waals surface area contributed by atoms with Crippen LogP contribution in [-0.2, 0) is 20.1 Å². The highest BCUT2D eigenvalue weighted by molar-refractivity contribution is 5.79. The Labute approximate surface area is 163 Å². The Hall–Kier alpha value is -2.50. The van der Waals surface area contributed by atoms with Gasteiger partial charge in [-0.25, -0.2) is 4.99 Å². The number of aryl methyl sites for hydroxylation is 2. The minimum absolute atomic E-state index is 0.510. The predicted octanol–water partition coefficient (Wildman–Crippen LogP) is 3.33. The number of benzene rings is 1. The van der Waals surface area contributed by atoms with Gasteiger partial charge in [0.2, 0.25) is 0 Å². The van der Waals surface area contributed by atoms with Crippen molar-refractivity contribution in [1.29, 1.82) is 0 Å². The van der Waals surface area contributed by atoms with Crippen molar-refractivity contribution in [3.05, 3.63) is 46.8 Å². The van der Waals surface area contributed by atoms with E-state index >= 15 is 0 Å². The summed E-state index contributed by atoms with van der Waals surface area (Å²) in [6.45, 7) is 13.3. The number of aromatic nitrogens is 2. The van der Waals surface area contributed by atoms with Gasteiger partial charge < -0.3 is 15.4 Å². The quantitative estimate of drug-likeness (QED) is 0.552. The van der Waals surface area contributed by atoms with Crippen molar-refractivity contribution < 1.29 is 4.74 Å². The average Bonchev–Trinajstić information content (AvgIpc) is 2.88. The molecule has 2 rings (SSSR count). The summed E-state index contributed by atoms with van der Waals surface area (Å²) >= 11 is 0. The molecule has 0 aliphatic heterocycles. The molecule has 6 nitrogen and oxygen atoms in total. The largest absolute Gasteiger partial charge is 0.493 e. The molecule has 0 aliphatic rings. The molecule has 1 aromatic heterocycles. The maximum atomic E-state index is 5.81. The summed E-state index contributed by atoms with van der Waals surface area (Å²) in [6.07, 6.45) is 0. The summed E-state index contributed by atoms with van der Waals surface area (Å²) in [4.78, 5) is 4.71. The molecule has 1 heterocycles. The molecule has 6 heteroatoms. The van der Waals surface area contributed by atoms with Crippen LogP contribution in [-0.4, -0.2) is 28.9 Å². The monoisotopic (exact) mass is 371 g/mol. The standard InChI is InChI=1S/C21H33N5O/c1-7-22-21(24-13-20-16(4)25-26(6)17(20)5)23-12-18-9-8-10-19(11-18)27-14-15(2)3/h8-11,15H,7,12-14H2,1-6H3,(H2,22,23,24). The number of nitrogens with zero attached hydrogens (tertiary/aromatic N) is 3. The summed E-state index contributed by atoms with van der Waals surface area (Å²) < 4.78 is 7.72. The highest BCUT2D eigenvalue weighted by atomic mass is 16.5. The van der Waals surface area contributed by atoms with Crippen LogP contribution in [0, 0.1) is 19.8 Å². The Morgan fingerprint density at radius 2 is 2.04 bits per heavy atom. The van der Waals surface area contributed by atoms with Crippen molar-refractivity contribution in [2.45, 2.75) is 47.7 Å². The lowest BCUT2D eigenvalue weighted by Crippen LogP contribution is -2.37. The molecule has 0 aliphatic carbocycles. The molecule has 0 atom stereocenters. The van der Waals surface area contributed by atoms with Gasteiger partial charge in [0.25, 0.3) is 0 Å². The topological polar surface area (TPSA) is 63.5 Å². The zero-order valence-corrected chi connectivity index (χ0v) is 17.5. The molecule has 0 amide bonds. The highest BCUT2D eigenvalue weighted by Crippen LogP contribution is 2.15. The molecular weight excluding hydrogens is 338 g/mol. The number of guanidine groups is 1. The highest BCUT2D eigenvalue weighted by Gasteiger charge is 2.09. The van der Waals surface area contributed by atoms with Crippen LogP contribution in [0.3, 0.4) is 0 Å². The SMILES string of the molecule is CCNC(=NCc1cccc(OCC(C)C)c1)NCc1c(C)nn(C)c1C. The minimum atomic E-state index is 0.510. The zero-order chi connectivity index (χ0) is 19.8. The van der Waals surface area contributed by atoms with E-state index in [-0.39, 0.29) is 0 Å². The first kappa shape index (κ1) is 20.8. The molecule has 0 bridgehead atoms. The molecule has 1 aromatic carbocycles. The van der Waals surface area contributed by atoms with Crippen LogP contribution in [0.5, 0.6) is 5.75 Å². The van der Waals surface area contributed by atoms with Gasteiger partial charge in [0.1, 0.15) is 5.75 Å². The van der Waals surface area contributed by atoms with E-state index in [9.17, 15) is 0 Å². The van der Waals surface area contributed by atoms with E-state index in [0.29, 0.717) is 19.0 Å². The van der Waals surface area contributed by atoms with Crippen molar-refractivity contribution >= 4 is 5.96 Å². The van der Waals surface area contributed by atoms with Crippen LogP contribution in [0.2, 0.25) is 0 Å². The number of rotatable bonds is 8. The van der Waals surface area contributed by atoms with Gasteiger partial charge in [0.15, 0.2) is 5.96 Å². The maximum absolute atomic E-state index is 5.81. The molecule has 0 saturated carbocycles. The Kier molecular flexibility index (Phi) is 7.70. The van der Waals surface area contributed by atoms with Crippen LogP contribution < -0.4 is 15.4 Å². The molecule has 0 saturated heterocycles. The van der Waals surface area contributed by atoms with Gasteiger partial charge in [-0.1, -0.05) is 26.0 Å². The van der Waals surface area contributed by atoms with Gasteiger partial charge in [-0.05, 0) is 44.4 Å². The maximum Gasteiger partial charge on any atom is 0.191 e. The lowest BCUT2D eigenvalue weighted by Gasteiger charge is -2.12. The molecule has 0 fully saturated rings. The molecule has 0 radical (unpaired) electrons. The number of nitrogens with one attached hydrogen (secondary N) is 2. The van der Waals surface area contributed by atoms with Crippen molar-refractivity contribution in [1.82, 2.24) is 20.4 Å². The van der Waals surface area contributed by atoms with Crippen LogP contribution in [0.4, 0.5) is 0 Å². The van der Waals surface area contributed by atoms with E-state index in [2.05, 4.69) is 55.6 Å². The van der Waals surface area contributed by atoms with Gasteiger partial charge in [0.05, 0.1) is 18.8 Å². The number of aliphatic imine (C=N–C) groups is 1. The molecule has 2 N–H and O–H groups in total. The summed E-state index contributed by atoms with van der Waals surface area (Å²) in [6, 6.07) is 8.14. The summed E-state index contributed by atoms with van der Waals surface area (Å²) in [7, 11) is 1.97. The fourth-order valence-corrected chi connectivity index (χ4v) is 2.75. The lowest BCUT2D eigenvalue weighted by atomic mass is 10.2. The summed E-state index contributed by atoms with van der Waals surface area (Å²) in [5.74, 6) is 2.21. The Morgan fingerprint density at radius 1 is 1.26 bits per heavy atom. The normalized spacial score (nSPS) is 11.7. The second-order valence-corrected chi connectivity index (χ2v) is 7.17. The Bertz CT molecular complexity index is 764. The molecular formula is C21H33N5O. The average molecular weight is 372 g/mol.